The van der Waals surface area contributed by atoms with Crippen LogP contribution in [-0.2, 0) is 0 Å². The van der Waals surface area contributed by atoms with Crippen LogP contribution in [0.15, 0.2) is 41.3 Å². The molecule has 0 saturated carbocycles. The molecule has 0 radical (unpaired) electrons. The quantitative estimate of drug-likeness (QED) is 0.705. The molecular formula is C10H8FN3O. The average Bonchev–Trinajstić information content (AvgIpc) is 2.23. The molecule has 0 aliphatic rings. The summed E-state index contributed by atoms with van der Waals surface area (Å²) in [5, 5.41) is 3.85. The van der Waals surface area contributed by atoms with E-state index >= 15 is 0 Å². The Morgan fingerprint density at radius 3 is 2.80 bits per heavy atom. The maximum atomic E-state index is 12.9. The van der Waals surface area contributed by atoms with E-state index in [4.69, 9.17) is 5.73 Å². The molecule has 2 aromatic rings. The highest BCUT2D eigenvalue weighted by molar-refractivity contribution is 5.48. The van der Waals surface area contributed by atoms with E-state index in [1.807, 2.05) is 0 Å². The third-order valence-electron chi connectivity index (χ3n) is 1.94. The maximum absolute atomic E-state index is 12.9. The number of hydrogen-bond acceptors (Lipinski definition) is 3. The number of nitrogen functional groups attached to an aromatic ring is 1. The van der Waals surface area contributed by atoms with Crippen LogP contribution in [0.3, 0.4) is 0 Å². The van der Waals surface area contributed by atoms with Crippen LogP contribution in [0.4, 0.5) is 10.1 Å². The first-order valence-corrected chi connectivity index (χ1v) is 4.28. The Bertz CT molecular complexity index is 550. The van der Waals surface area contributed by atoms with Gasteiger partial charge >= 0.3 is 0 Å². The van der Waals surface area contributed by atoms with Crippen molar-refractivity contribution in [2.75, 3.05) is 5.73 Å². The Balaban J connectivity index is 2.60. The van der Waals surface area contributed by atoms with Gasteiger partial charge in [-0.1, -0.05) is 0 Å². The number of benzene rings is 1. The largest absolute Gasteiger partial charge is 0.396 e. The minimum Gasteiger partial charge on any atom is -0.396 e. The standard InChI is InChI=1S/C10H8FN3O/c11-8-4-3-7(6-9(8)12)14-10(15)2-1-5-13-14/h1-6H,12H2. The molecule has 1 heterocycles. The highest BCUT2D eigenvalue weighted by Crippen LogP contribution is 2.13. The second kappa shape index (κ2) is 3.53. The third-order valence-corrected chi connectivity index (χ3v) is 1.94. The second-order valence-electron chi connectivity index (χ2n) is 2.98. The van der Waals surface area contributed by atoms with E-state index in [9.17, 15) is 9.18 Å². The third kappa shape index (κ3) is 1.71. The molecule has 1 aromatic carbocycles. The van der Waals surface area contributed by atoms with E-state index in [-0.39, 0.29) is 11.2 Å². The molecule has 0 saturated heterocycles. The van der Waals surface area contributed by atoms with Gasteiger partial charge in [-0.25, -0.2) is 4.39 Å². The summed E-state index contributed by atoms with van der Waals surface area (Å²) >= 11 is 0. The van der Waals surface area contributed by atoms with Crippen LogP contribution in [0.1, 0.15) is 0 Å². The molecule has 2 rings (SSSR count). The lowest BCUT2D eigenvalue weighted by Gasteiger charge is -2.04. The molecule has 5 heteroatoms. The van der Waals surface area contributed by atoms with Gasteiger partial charge in [-0.3, -0.25) is 4.79 Å². The smallest absolute Gasteiger partial charge is 0.271 e. The van der Waals surface area contributed by atoms with Crippen molar-refractivity contribution in [2.45, 2.75) is 0 Å². The van der Waals surface area contributed by atoms with Gasteiger partial charge in [-0.2, -0.15) is 9.78 Å². The molecule has 76 valence electrons. The van der Waals surface area contributed by atoms with Crippen molar-refractivity contribution in [1.82, 2.24) is 9.78 Å². The summed E-state index contributed by atoms with van der Waals surface area (Å²) in [4.78, 5) is 11.4. The summed E-state index contributed by atoms with van der Waals surface area (Å²) in [5.41, 5.74) is 5.54. The molecule has 0 bridgehead atoms. The number of aromatic nitrogens is 2. The minimum atomic E-state index is -0.511. The van der Waals surface area contributed by atoms with Crippen molar-refractivity contribution >= 4 is 5.69 Å². The summed E-state index contributed by atoms with van der Waals surface area (Å²) in [5.74, 6) is -0.511. The Labute approximate surface area is 84.8 Å². The van der Waals surface area contributed by atoms with Crippen LogP contribution in [0, 0.1) is 5.82 Å². The van der Waals surface area contributed by atoms with Crippen LogP contribution in [0.5, 0.6) is 0 Å². The van der Waals surface area contributed by atoms with Gasteiger partial charge in [-0.05, 0) is 24.3 Å². The monoisotopic (exact) mass is 205 g/mol. The SMILES string of the molecule is Nc1cc(-n2ncccc2=O)ccc1F. The van der Waals surface area contributed by atoms with Crippen molar-refractivity contribution in [3.63, 3.8) is 0 Å². The van der Waals surface area contributed by atoms with E-state index in [1.54, 1.807) is 0 Å². The van der Waals surface area contributed by atoms with Crippen LogP contribution in [-0.4, -0.2) is 9.78 Å². The fraction of sp³-hybridized carbons (Fsp3) is 0. The molecule has 0 unspecified atom stereocenters. The summed E-state index contributed by atoms with van der Waals surface area (Å²) < 4.78 is 14.0. The minimum absolute atomic E-state index is 0.00921. The Morgan fingerprint density at radius 2 is 2.13 bits per heavy atom. The molecular weight excluding hydrogens is 197 g/mol. The number of anilines is 1. The first-order chi connectivity index (χ1) is 7.18. The van der Waals surface area contributed by atoms with E-state index in [0.717, 1.165) is 4.68 Å². The predicted octanol–water partition coefficient (Wildman–Crippen LogP) is 0.954. The van der Waals surface area contributed by atoms with Crippen LogP contribution in [0.2, 0.25) is 0 Å². The first kappa shape index (κ1) is 9.39. The van der Waals surface area contributed by atoms with Crippen molar-refractivity contribution in [2.24, 2.45) is 0 Å². The summed E-state index contributed by atoms with van der Waals surface area (Å²) in [6, 6.07) is 6.91. The summed E-state index contributed by atoms with van der Waals surface area (Å²) in [6.07, 6.45) is 1.47. The maximum Gasteiger partial charge on any atom is 0.271 e. The van der Waals surface area contributed by atoms with Crippen molar-refractivity contribution in [3.05, 3.63) is 52.7 Å². The molecule has 0 spiro atoms. The van der Waals surface area contributed by atoms with E-state index in [2.05, 4.69) is 5.10 Å². The number of nitrogens with two attached hydrogens (primary N) is 1. The van der Waals surface area contributed by atoms with Gasteiger partial charge in [0, 0.05) is 12.3 Å². The fourth-order valence-corrected chi connectivity index (χ4v) is 1.21. The number of halogens is 1. The fourth-order valence-electron chi connectivity index (χ4n) is 1.21. The molecule has 0 amide bonds. The highest BCUT2D eigenvalue weighted by Gasteiger charge is 2.03. The summed E-state index contributed by atoms with van der Waals surface area (Å²) in [6.45, 7) is 0. The van der Waals surface area contributed by atoms with Gasteiger partial charge in [0.15, 0.2) is 0 Å². The molecule has 15 heavy (non-hydrogen) atoms. The van der Waals surface area contributed by atoms with Gasteiger partial charge in [0.05, 0.1) is 11.4 Å². The van der Waals surface area contributed by atoms with Gasteiger partial charge in [0.25, 0.3) is 5.56 Å². The van der Waals surface area contributed by atoms with Gasteiger partial charge in [0.2, 0.25) is 0 Å². The molecule has 0 aliphatic heterocycles. The lowest BCUT2D eigenvalue weighted by molar-refractivity contribution is 0.631. The lowest BCUT2D eigenvalue weighted by atomic mass is 10.2. The topological polar surface area (TPSA) is 60.9 Å². The van der Waals surface area contributed by atoms with E-state index in [0.29, 0.717) is 5.69 Å². The molecule has 4 nitrogen and oxygen atoms in total. The Hall–Kier alpha value is -2.17. The van der Waals surface area contributed by atoms with Gasteiger partial charge < -0.3 is 5.73 Å². The highest BCUT2D eigenvalue weighted by atomic mass is 19.1. The van der Waals surface area contributed by atoms with E-state index < -0.39 is 5.82 Å². The van der Waals surface area contributed by atoms with Crippen molar-refractivity contribution in [3.8, 4) is 5.69 Å². The number of hydrogen-bond donors (Lipinski definition) is 1. The molecule has 0 atom stereocenters. The normalized spacial score (nSPS) is 10.2. The Kier molecular flexibility index (Phi) is 2.21. The van der Waals surface area contributed by atoms with Crippen molar-refractivity contribution in [1.29, 1.82) is 0 Å². The number of rotatable bonds is 1. The van der Waals surface area contributed by atoms with Gasteiger partial charge in [-0.15, -0.1) is 0 Å². The first-order valence-electron chi connectivity index (χ1n) is 4.28. The average molecular weight is 205 g/mol. The van der Waals surface area contributed by atoms with Crippen molar-refractivity contribution < 1.29 is 4.39 Å². The number of nitrogens with zero attached hydrogens (tertiary/aromatic N) is 2. The lowest BCUT2D eigenvalue weighted by Crippen LogP contribution is -2.19. The van der Waals surface area contributed by atoms with Crippen LogP contribution < -0.4 is 11.3 Å². The predicted molar refractivity (Wildman–Crippen MR) is 54.2 cm³/mol. The Morgan fingerprint density at radius 1 is 1.33 bits per heavy atom. The molecule has 0 fully saturated rings. The zero-order valence-corrected chi connectivity index (χ0v) is 7.72. The van der Waals surface area contributed by atoms with Crippen LogP contribution in [0.25, 0.3) is 5.69 Å². The zero-order valence-electron chi connectivity index (χ0n) is 7.72. The van der Waals surface area contributed by atoms with Gasteiger partial charge in [0.1, 0.15) is 5.82 Å². The molecule has 0 aliphatic carbocycles. The zero-order chi connectivity index (χ0) is 10.8. The second-order valence-corrected chi connectivity index (χ2v) is 2.98. The molecule has 1 aromatic heterocycles. The summed E-state index contributed by atoms with van der Waals surface area (Å²) in [7, 11) is 0. The van der Waals surface area contributed by atoms with Crippen LogP contribution >= 0.6 is 0 Å². The van der Waals surface area contributed by atoms with E-state index in [1.165, 1.54) is 36.5 Å². The molecule has 2 N–H and O–H groups in total.